The lowest BCUT2D eigenvalue weighted by molar-refractivity contribution is -0.135. The van der Waals surface area contributed by atoms with Crippen LogP contribution in [0.15, 0.2) is 12.1 Å². The van der Waals surface area contributed by atoms with Crippen LogP contribution >= 0.6 is 0 Å². The van der Waals surface area contributed by atoms with Gasteiger partial charge in [-0.25, -0.2) is 4.79 Å². The predicted molar refractivity (Wildman–Crippen MR) is 83.4 cm³/mol. The first-order valence-electron chi connectivity index (χ1n) is 7.33. The van der Waals surface area contributed by atoms with Crippen LogP contribution in [0.1, 0.15) is 37.0 Å². The topological polar surface area (TPSA) is 119 Å². The van der Waals surface area contributed by atoms with E-state index in [1.807, 2.05) is 13.8 Å². The first-order valence-corrected chi connectivity index (χ1v) is 7.33. The van der Waals surface area contributed by atoms with Gasteiger partial charge in [0.15, 0.2) is 11.5 Å². The van der Waals surface area contributed by atoms with Crippen molar-refractivity contribution in [3.8, 4) is 17.2 Å². The molecule has 1 aromatic carbocycles. The van der Waals surface area contributed by atoms with Crippen LogP contribution in [0.25, 0.3) is 0 Å². The fourth-order valence-corrected chi connectivity index (χ4v) is 2.24. The van der Waals surface area contributed by atoms with Gasteiger partial charge in [-0.2, -0.15) is 0 Å². The van der Waals surface area contributed by atoms with Gasteiger partial charge in [0.2, 0.25) is 5.75 Å². The lowest BCUT2D eigenvalue weighted by Gasteiger charge is -2.16. The number of benzene rings is 1. The highest BCUT2D eigenvalue weighted by Crippen LogP contribution is 2.37. The largest absolute Gasteiger partial charge is 0.504 e. The number of ether oxygens (including phenoxy) is 2. The van der Waals surface area contributed by atoms with Crippen LogP contribution in [0.3, 0.4) is 0 Å². The molecule has 0 bridgehead atoms. The second-order valence-electron chi connectivity index (χ2n) is 5.74. The molecule has 23 heavy (non-hydrogen) atoms. The quantitative estimate of drug-likeness (QED) is 0.397. The SMILES string of the molecule is COC(=O)c1cc(O)c(O)c(OC(=O)C[C@@H](CN)CC(C)C)c1. The molecule has 0 spiro atoms. The minimum atomic E-state index is -0.725. The molecule has 0 unspecified atom stereocenters. The molecule has 0 fully saturated rings. The Morgan fingerprint density at radius 3 is 2.43 bits per heavy atom. The summed E-state index contributed by atoms with van der Waals surface area (Å²) in [5.74, 6) is -2.46. The van der Waals surface area contributed by atoms with E-state index in [9.17, 15) is 19.8 Å². The van der Waals surface area contributed by atoms with Gasteiger partial charge >= 0.3 is 11.9 Å². The van der Waals surface area contributed by atoms with E-state index in [1.165, 1.54) is 7.11 Å². The molecule has 0 amide bonds. The third kappa shape index (κ3) is 5.45. The molecule has 0 aromatic heterocycles. The van der Waals surface area contributed by atoms with E-state index >= 15 is 0 Å². The number of methoxy groups -OCH3 is 1. The Kier molecular flexibility index (Phi) is 6.84. The van der Waals surface area contributed by atoms with Crippen molar-refractivity contribution in [3.05, 3.63) is 17.7 Å². The highest BCUT2D eigenvalue weighted by Gasteiger charge is 2.20. The first-order chi connectivity index (χ1) is 10.8. The van der Waals surface area contributed by atoms with Gasteiger partial charge in [0.05, 0.1) is 12.7 Å². The molecule has 0 aliphatic carbocycles. The molecule has 7 nitrogen and oxygen atoms in total. The molecule has 0 aliphatic rings. The number of phenolic OH excluding ortho intramolecular Hbond substituents is 2. The van der Waals surface area contributed by atoms with Crippen molar-refractivity contribution in [3.63, 3.8) is 0 Å². The van der Waals surface area contributed by atoms with Gasteiger partial charge in [-0.05, 0) is 36.9 Å². The molecule has 4 N–H and O–H groups in total. The normalized spacial score (nSPS) is 12.0. The molecule has 0 saturated heterocycles. The lowest BCUT2D eigenvalue weighted by atomic mass is 9.94. The fourth-order valence-electron chi connectivity index (χ4n) is 2.24. The average Bonchev–Trinajstić information content (AvgIpc) is 2.49. The van der Waals surface area contributed by atoms with E-state index in [0.29, 0.717) is 12.5 Å². The molecule has 1 rings (SSSR count). The van der Waals surface area contributed by atoms with Crippen molar-refractivity contribution in [1.29, 1.82) is 0 Å². The molecule has 1 atom stereocenters. The number of esters is 2. The molecule has 1 aromatic rings. The number of aromatic hydroxyl groups is 2. The number of nitrogens with two attached hydrogens (primary N) is 1. The minimum Gasteiger partial charge on any atom is -0.504 e. The van der Waals surface area contributed by atoms with Crippen molar-refractivity contribution in [1.82, 2.24) is 0 Å². The highest BCUT2D eigenvalue weighted by molar-refractivity contribution is 5.91. The second-order valence-corrected chi connectivity index (χ2v) is 5.74. The molecule has 0 radical (unpaired) electrons. The summed E-state index contributed by atoms with van der Waals surface area (Å²) in [4.78, 5) is 23.5. The zero-order valence-electron chi connectivity index (χ0n) is 13.5. The van der Waals surface area contributed by atoms with E-state index in [1.54, 1.807) is 0 Å². The second kappa shape index (κ2) is 8.38. The van der Waals surface area contributed by atoms with Gasteiger partial charge < -0.3 is 25.4 Å². The van der Waals surface area contributed by atoms with Crippen molar-refractivity contribution < 1.29 is 29.3 Å². The number of hydrogen-bond donors (Lipinski definition) is 3. The summed E-state index contributed by atoms with van der Waals surface area (Å²) in [5.41, 5.74) is 5.60. The Balaban J connectivity index is 2.88. The molecule has 0 heterocycles. The molecule has 7 heteroatoms. The van der Waals surface area contributed by atoms with E-state index in [-0.39, 0.29) is 23.7 Å². The number of carbonyl (C=O) groups is 2. The van der Waals surface area contributed by atoms with Gasteiger partial charge in [0.25, 0.3) is 0 Å². The number of rotatable bonds is 7. The van der Waals surface area contributed by atoms with Crippen LogP contribution < -0.4 is 10.5 Å². The smallest absolute Gasteiger partial charge is 0.338 e. The first kappa shape index (κ1) is 18.8. The van der Waals surface area contributed by atoms with Crippen LogP contribution in [0, 0.1) is 11.8 Å². The maximum Gasteiger partial charge on any atom is 0.338 e. The summed E-state index contributed by atoms with van der Waals surface area (Å²) in [6.45, 7) is 4.39. The average molecular weight is 325 g/mol. The maximum absolute atomic E-state index is 12.0. The molecule has 0 saturated carbocycles. The minimum absolute atomic E-state index is 0.0387. The number of phenols is 2. The van der Waals surface area contributed by atoms with Gasteiger partial charge in [0, 0.05) is 6.42 Å². The van der Waals surface area contributed by atoms with Crippen LogP contribution in [0.4, 0.5) is 0 Å². The van der Waals surface area contributed by atoms with Gasteiger partial charge in [0.1, 0.15) is 0 Å². The van der Waals surface area contributed by atoms with E-state index in [4.69, 9.17) is 10.5 Å². The Hall–Kier alpha value is -2.28. The summed E-state index contributed by atoms with van der Waals surface area (Å²) in [6.07, 6.45) is 0.850. The third-order valence-electron chi connectivity index (χ3n) is 3.29. The summed E-state index contributed by atoms with van der Waals surface area (Å²) in [7, 11) is 1.18. The summed E-state index contributed by atoms with van der Waals surface area (Å²) in [5, 5.41) is 19.4. The predicted octanol–water partition coefficient (Wildman–Crippen LogP) is 1.80. The van der Waals surface area contributed by atoms with Gasteiger partial charge in [-0.3, -0.25) is 4.79 Å². The van der Waals surface area contributed by atoms with E-state index in [0.717, 1.165) is 18.6 Å². The number of carbonyl (C=O) groups excluding carboxylic acids is 2. The van der Waals surface area contributed by atoms with Crippen molar-refractivity contribution in [2.45, 2.75) is 26.7 Å². The zero-order chi connectivity index (χ0) is 17.6. The van der Waals surface area contributed by atoms with Crippen LogP contribution in [-0.2, 0) is 9.53 Å². The monoisotopic (exact) mass is 325 g/mol. The summed E-state index contributed by atoms with van der Waals surface area (Å²) < 4.78 is 9.59. The molecular weight excluding hydrogens is 302 g/mol. The fraction of sp³-hybridized carbons (Fsp3) is 0.500. The Bertz CT molecular complexity index is 570. The molecule has 128 valence electrons. The van der Waals surface area contributed by atoms with E-state index < -0.39 is 23.4 Å². The Labute approximate surface area is 135 Å². The molecular formula is C16H23NO6. The van der Waals surface area contributed by atoms with E-state index in [2.05, 4.69) is 4.74 Å². The zero-order valence-corrected chi connectivity index (χ0v) is 13.5. The van der Waals surface area contributed by atoms with Crippen molar-refractivity contribution in [2.75, 3.05) is 13.7 Å². The van der Waals surface area contributed by atoms with Crippen LogP contribution in [0.2, 0.25) is 0 Å². The van der Waals surface area contributed by atoms with Gasteiger partial charge in [-0.15, -0.1) is 0 Å². The Morgan fingerprint density at radius 1 is 1.26 bits per heavy atom. The van der Waals surface area contributed by atoms with Crippen molar-refractivity contribution in [2.24, 2.45) is 17.6 Å². The van der Waals surface area contributed by atoms with Crippen molar-refractivity contribution >= 4 is 11.9 Å². The molecule has 0 aliphatic heterocycles. The maximum atomic E-state index is 12.0. The van der Waals surface area contributed by atoms with Crippen LogP contribution in [0.5, 0.6) is 17.2 Å². The number of hydrogen-bond acceptors (Lipinski definition) is 7. The van der Waals surface area contributed by atoms with Gasteiger partial charge in [-0.1, -0.05) is 13.8 Å². The van der Waals surface area contributed by atoms with Crippen LogP contribution in [-0.4, -0.2) is 35.8 Å². The third-order valence-corrected chi connectivity index (χ3v) is 3.29. The summed E-state index contributed by atoms with van der Waals surface area (Å²) in [6, 6.07) is 2.17. The standard InChI is InChI=1S/C16H23NO6/c1-9(2)4-10(8-17)5-14(19)23-13-7-11(16(21)22-3)6-12(18)15(13)20/h6-7,9-10,18,20H,4-5,8,17H2,1-3H3/t10-/m0/s1. The highest BCUT2D eigenvalue weighted by atomic mass is 16.5. The summed E-state index contributed by atoms with van der Waals surface area (Å²) >= 11 is 0. The lowest BCUT2D eigenvalue weighted by Crippen LogP contribution is -2.22. The Morgan fingerprint density at radius 2 is 1.91 bits per heavy atom.